The second-order valence-electron chi connectivity index (χ2n) is 6.56. The van der Waals surface area contributed by atoms with Gasteiger partial charge in [0.15, 0.2) is 0 Å². The normalized spacial score (nSPS) is 16.9. The van der Waals surface area contributed by atoms with Crippen LogP contribution >= 0.6 is 0 Å². The first-order valence-electron chi connectivity index (χ1n) is 9.03. The molecule has 0 radical (unpaired) electrons. The first-order chi connectivity index (χ1) is 12.9. The van der Waals surface area contributed by atoms with E-state index in [0.717, 1.165) is 11.6 Å². The number of carbonyl (C=O) groups excluding carboxylic acids is 1. The van der Waals surface area contributed by atoms with Crippen LogP contribution in [0.4, 0.5) is 4.39 Å². The average Bonchev–Trinajstić information content (AvgIpc) is 2.69. The van der Waals surface area contributed by atoms with Crippen LogP contribution in [0.25, 0.3) is 0 Å². The zero-order chi connectivity index (χ0) is 19.4. The lowest BCUT2D eigenvalue weighted by atomic mass is 9.95. The van der Waals surface area contributed by atoms with Gasteiger partial charge in [-0.15, -0.1) is 0 Å². The maximum absolute atomic E-state index is 13.4. The van der Waals surface area contributed by atoms with Gasteiger partial charge in [-0.05, 0) is 30.2 Å². The van der Waals surface area contributed by atoms with Gasteiger partial charge in [-0.2, -0.15) is 4.31 Å². The van der Waals surface area contributed by atoms with Crippen molar-refractivity contribution in [1.29, 1.82) is 0 Å². The highest BCUT2D eigenvalue weighted by atomic mass is 32.2. The lowest BCUT2D eigenvalue weighted by Gasteiger charge is -2.35. The molecular weight excluding hydrogens is 367 g/mol. The molecule has 0 saturated carbocycles. The van der Waals surface area contributed by atoms with Gasteiger partial charge in [0.2, 0.25) is 15.9 Å². The van der Waals surface area contributed by atoms with Gasteiger partial charge in [0, 0.05) is 26.2 Å². The number of piperazine rings is 1. The Morgan fingerprint density at radius 1 is 1.04 bits per heavy atom. The molecule has 7 heteroatoms. The van der Waals surface area contributed by atoms with Crippen molar-refractivity contribution in [3.8, 4) is 0 Å². The summed E-state index contributed by atoms with van der Waals surface area (Å²) in [4.78, 5) is 14.6. The molecule has 1 saturated heterocycles. The second kappa shape index (κ2) is 8.19. The van der Waals surface area contributed by atoms with Crippen LogP contribution in [0.1, 0.15) is 24.8 Å². The van der Waals surface area contributed by atoms with E-state index in [2.05, 4.69) is 0 Å². The molecule has 2 aromatic rings. The highest BCUT2D eigenvalue weighted by Crippen LogP contribution is 2.24. The largest absolute Gasteiger partial charge is 0.340 e. The van der Waals surface area contributed by atoms with E-state index in [9.17, 15) is 17.6 Å². The zero-order valence-corrected chi connectivity index (χ0v) is 16.0. The Morgan fingerprint density at radius 2 is 1.70 bits per heavy atom. The number of amides is 1. The van der Waals surface area contributed by atoms with Crippen LogP contribution in [0.3, 0.4) is 0 Å². The Morgan fingerprint density at radius 3 is 2.30 bits per heavy atom. The van der Waals surface area contributed by atoms with Crippen LogP contribution < -0.4 is 0 Å². The molecule has 0 aromatic heterocycles. The molecule has 1 amide bonds. The molecule has 2 aromatic carbocycles. The van der Waals surface area contributed by atoms with E-state index in [-0.39, 0.29) is 29.8 Å². The van der Waals surface area contributed by atoms with Crippen LogP contribution in [-0.4, -0.2) is 49.7 Å². The van der Waals surface area contributed by atoms with Crippen LogP contribution in [0.15, 0.2) is 59.5 Å². The fraction of sp³-hybridized carbons (Fsp3) is 0.350. The molecule has 27 heavy (non-hydrogen) atoms. The summed E-state index contributed by atoms with van der Waals surface area (Å²) in [5, 5.41) is 0. The molecule has 0 spiro atoms. The van der Waals surface area contributed by atoms with Crippen molar-refractivity contribution < 1.29 is 17.6 Å². The van der Waals surface area contributed by atoms with E-state index in [1.165, 1.54) is 22.5 Å². The highest BCUT2D eigenvalue weighted by molar-refractivity contribution is 7.89. The van der Waals surface area contributed by atoms with Gasteiger partial charge in [0.05, 0.1) is 10.8 Å². The fourth-order valence-electron chi connectivity index (χ4n) is 3.38. The van der Waals surface area contributed by atoms with Crippen LogP contribution in [0.2, 0.25) is 0 Å². The summed E-state index contributed by atoms with van der Waals surface area (Å²) < 4.78 is 40.1. The van der Waals surface area contributed by atoms with Gasteiger partial charge in [0.1, 0.15) is 5.82 Å². The number of carbonyl (C=O) groups is 1. The first kappa shape index (κ1) is 19.5. The number of benzene rings is 2. The first-order valence-corrected chi connectivity index (χ1v) is 10.5. The Labute approximate surface area is 159 Å². The van der Waals surface area contributed by atoms with Gasteiger partial charge in [-0.25, -0.2) is 12.8 Å². The molecule has 0 aliphatic carbocycles. The van der Waals surface area contributed by atoms with Crippen LogP contribution in [-0.2, 0) is 14.8 Å². The molecule has 1 unspecified atom stereocenters. The maximum atomic E-state index is 13.4. The van der Waals surface area contributed by atoms with E-state index in [1.54, 1.807) is 4.90 Å². The van der Waals surface area contributed by atoms with Crippen molar-refractivity contribution in [3.05, 3.63) is 66.0 Å². The van der Waals surface area contributed by atoms with Gasteiger partial charge >= 0.3 is 0 Å². The minimum atomic E-state index is -3.76. The van der Waals surface area contributed by atoms with E-state index in [4.69, 9.17) is 0 Å². The zero-order valence-electron chi connectivity index (χ0n) is 15.2. The van der Waals surface area contributed by atoms with Crippen molar-refractivity contribution in [2.75, 3.05) is 26.2 Å². The highest BCUT2D eigenvalue weighted by Gasteiger charge is 2.32. The summed E-state index contributed by atoms with van der Waals surface area (Å²) in [6, 6.07) is 14.6. The molecule has 1 aliphatic rings. The van der Waals surface area contributed by atoms with Crippen molar-refractivity contribution in [2.45, 2.75) is 24.2 Å². The van der Waals surface area contributed by atoms with Crippen molar-refractivity contribution in [2.24, 2.45) is 0 Å². The third-order valence-electron chi connectivity index (χ3n) is 4.89. The summed E-state index contributed by atoms with van der Waals surface area (Å²) in [6.45, 7) is 3.04. The Bertz CT molecular complexity index is 894. The summed E-state index contributed by atoms with van der Waals surface area (Å²) in [5.74, 6) is -0.789. The SMILES string of the molecule is CCC(C(=O)N1CCN(S(=O)(=O)c2cccc(F)c2)CC1)c1ccccc1. The van der Waals surface area contributed by atoms with Crippen LogP contribution in [0.5, 0.6) is 0 Å². The van der Waals surface area contributed by atoms with E-state index in [0.29, 0.717) is 19.5 Å². The van der Waals surface area contributed by atoms with Gasteiger partial charge in [0.25, 0.3) is 0 Å². The van der Waals surface area contributed by atoms with Crippen molar-refractivity contribution >= 4 is 15.9 Å². The Balaban J connectivity index is 1.69. The van der Waals surface area contributed by atoms with Crippen molar-refractivity contribution in [3.63, 3.8) is 0 Å². The number of halogens is 1. The number of nitrogens with zero attached hydrogens (tertiary/aromatic N) is 2. The molecule has 0 bridgehead atoms. The summed E-state index contributed by atoms with van der Waals surface area (Å²) >= 11 is 0. The standard InChI is InChI=1S/C20H23FN2O3S/c1-2-19(16-7-4-3-5-8-16)20(24)22-11-13-23(14-12-22)27(25,26)18-10-6-9-17(21)15-18/h3-10,15,19H,2,11-14H2,1H3. The number of hydrogen-bond acceptors (Lipinski definition) is 3. The van der Waals surface area contributed by atoms with Crippen LogP contribution in [0, 0.1) is 5.82 Å². The summed E-state index contributed by atoms with van der Waals surface area (Å²) in [7, 11) is -3.76. The summed E-state index contributed by atoms with van der Waals surface area (Å²) in [6.07, 6.45) is 0.685. The molecule has 1 atom stereocenters. The lowest BCUT2D eigenvalue weighted by Crippen LogP contribution is -2.51. The minimum Gasteiger partial charge on any atom is -0.340 e. The third-order valence-corrected chi connectivity index (χ3v) is 6.79. The third kappa shape index (κ3) is 4.20. The Kier molecular flexibility index (Phi) is 5.92. The molecule has 5 nitrogen and oxygen atoms in total. The maximum Gasteiger partial charge on any atom is 0.243 e. The second-order valence-corrected chi connectivity index (χ2v) is 8.50. The number of hydrogen-bond donors (Lipinski definition) is 0. The molecule has 1 aliphatic heterocycles. The number of sulfonamides is 1. The van der Waals surface area contributed by atoms with Gasteiger partial charge in [-0.3, -0.25) is 4.79 Å². The molecule has 144 valence electrons. The van der Waals surface area contributed by atoms with Crippen molar-refractivity contribution in [1.82, 2.24) is 9.21 Å². The molecule has 1 fully saturated rings. The molecule has 0 N–H and O–H groups in total. The van der Waals surface area contributed by atoms with E-state index < -0.39 is 15.8 Å². The smallest absolute Gasteiger partial charge is 0.243 e. The average molecular weight is 390 g/mol. The number of rotatable bonds is 5. The topological polar surface area (TPSA) is 57.7 Å². The predicted molar refractivity (Wildman–Crippen MR) is 101 cm³/mol. The van der Waals surface area contributed by atoms with Gasteiger partial charge in [-0.1, -0.05) is 43.3 Å². The minimum absolute atomic E-state index is 0.0199. The van der Waals surface area contributed by atoms with E-state index in [1.807, 2.05) is 37.3 Å². The fourth-order valence-corrected chi connectivity index (χ4v) is 4.84. The Hall–Kier alpha value is -2.25. The molecule has 1 heterocycles. The molecular formula is C20H23FN2O3S. The monoisotopic (exact) mass is 390 g/mol. The quantitative estimate of drug-likeness (QED) is 0.789. The molecule has 3 rings (SSSR count). The van der Waals surface area contributed by atoms with E-state index >= 15 is 0 Å². The summed E-state index contributed by atoms with van der Waals surface area (Å²) in [5.41, 5.74) is 0.972. The predicted octanol–water partition coefficient (Wildman–Crippen LogP) is 2.85. The lowest BCUT2D eigenvalue weighted by molar-refractivity contribution is -0.134. The van der Waals surface area contributed by atoms with Gasteiger partial charge < -0.3 is 4.90 Å².